The molecule has 3 heterocycles. The van der Waals surface area contributed by atoms with Crippen LogP contribution in [0.4, 0.5) is 20.4 Å². The molecular formula is C22H26F2N6. The summed E-state index contributed by atoms with van der Waals surface area (Å²) < 4.78 is 26.2. The summed E-state index contributed by atoms with van der Waals surface area (Å²) in [6, 6.07) is 8.31. The highest BCUT2D eigenvalue weighted by Gasteiger charge is 2.18. The molecular weight excluding hydrogens is 386 g/mol. The molecule has 1 aromatic carbocycles. The molecule has 1 N–H and O–H groups in total. The lowest BCUT2D eigenvalue weighted by Crippen LogP contribution is -2.44. The summed E-state index contributed by atoms with van der Waals surface area (Å²) in [6.07, 6.45) is -0.707. The second kappa shape index (κ2) is 8.47. The largest absolute Gasteiger partial charge is 0.363 e. The van der Waals surface area contributed by atoms with Crippen molar-refractivity contribution < 1.29 is 8.78 Å². The zero-order valence-corrected chi connectivity index (χ0v) is 17.4. The minimum Gasteiger partial charge on any atom is -0.363 e. The molecule has 3 aromatic rings. The van der Waals surface area contributed by atoms with E-state index in [0.717, 1.165) is 48.5 Å². The number of nitrogens with one attached hydrogen (secondary N) is 1. The lowest BCUT2D eigenvalue weighted by molar-refractivity contribution is 0.151. The highest BCUT2D eigenvalue weighted by molar-refractivity contribution is 5.90. The average molecular weight is 412 g/mol. The Kier molecular flexibility index (Phi) is 5.76. The standard InChI is InChI=1S/C22H26F2N6/c1-14(16-5-4-6-17(11-16)21(23)24)26-22-18-12-20(30-9-7-29(3)8-10-30)25-13-19(18)27-15(2)28-22/h4-6,11-14,21H,7-10H2,1-3H3,(H,26,27,28)/t14-/m1/s1. The van der Waals surface area contributed by atoms with E-state index in [1.165, 1.54) is 12.1 Å². The normalized spacial score (nSPS) is 16.3. The number of aryl methyl sites for hydroxylation is 1. The van der Waals surface area contributed by atoms with Gasteiger partial charge in [0.05, 0.1) is 11.7 Å². The van der Waals surface area contributed by atoms with Crippen molar-refractivity contribution in [3.63, 3.8) is 0 Å². The van der Waals surface area contributed by atoms with Crippen molar-refractivity contribution in [2.24, 2.45) is 0 Å². The smallest absolute Gasteiger partial charge is 0.263 e. The van der Waals surface area contributed by atoms with E-state index in [1.54, 1.807) is 12.3 Å². The molecule has 8 heteroatoms. The van der Waals surface area contributed by atoms with Crippen molar-refractivity contribution in [3.05, 3.63) is 53.5 Å². The monoisotopic (exact) mass is 412 g/mol. The Morgan fingerprint density at radius 3 is 2.50 bits per heavy atom. The molecule has 1 aliphatic heterocycles. The minimum atomic E-state index is -2.49. The van der Waals surface area contributed by atoms with Crippen LogP contribution >= 0.6 is 0 Å². The van der Waals surface area contributed by atoms with Crippen LogP contribution in [0.5, 0.6) is 0 Å². The van der Waals surface area contributed by atoms with E-state index in [1.807, 2.05) is 26.0 Å². The predicted octanol–water partition coefficient (Wildman–Crippen LogP) is 4.20. The Hall–Kier alpha value is -2.87. The summed E-state index contributed by atoms with van der Waals surface area (Å²) in [5.74, 6) is 2.22. The predicted molar refractivity (Wildman–Crippen MR) is 115 cm³/mol. The molecule has 30 heavy (non-hydrogen) atoms. The zero-order chi connectivity index (χ0) is 21.3. The van der Waals surface area contributed by atoms with Crippen molar-refractivity contribution in [2.75, 3.05) is 43.4 Å². The first kappa shape index (κ1) is 20.4. The molecule has 4 rings (SSSR count). The van der Waals surface area contributed by atoms with Crippen LogP contribution < -0.4 is 10.2 Å². The number of fused-ring (bicyclic) bond motifs is 1. The summed E-state index contributed by atoms with van der Waals surface area (Å²) in [7, 11) is 2.12. The molecule has 0 bridgehead atoms. The number of benzene rings is 1. The number of anilines is 2. The summed E-state index contributed by atoms with van der Waals surface area (Å²) in [5.41, 5.74) is 1.56. The van der Waals surface area contributed by atoms with Crippen LogP contribution in [0.15, 0.2) is 36.5 Å². The van der Waals surface area contributed by atoms with Gasteiger partial charge in [-0.1, -0.05) is 18.2 Å². The fourth-order valence-electron chi connectivity index (χ4n) is 3.71. The Bertz CT molecular complexity index is 1030. The molecule has 158 valence electrons. The van der Waals surface area contributed by atoms with Gasteiger partial charge < -0.3 is 15.1 Å². The third-order valence-electron chi connectivity index (χ3n) is 5.52. The number of alkyl halides is 2. The fourth-order valence-corrected chi connectivity index (χ4v) is 3.71. The lowest BCUT2D eigenvalue weighted by atomic mass is 10.1. The number of halogens is 2. The van der Waals surface area contributed by atoms with Gasteiger partial charge in [0.25, 0.3) is 6.43 Å². The minimum absolute atomic E-state index is 0.0198. The van der Waals surface area contributed by atoms with Gasteiger partial charge in [0.2, 0.25) is 0 Å². The number of pyridine rings is 1. The Morgan fingerprint density at radius 2 is 1.77 bits per heavy atom. The number of piperazine rings is 1. The summed E-state index contributed by atoms with van der Waals surface area (Å²) in [5, 5.41) is 4.27. The number of hydrogen-bond acceptors (Lipinski definition) is 6. The van der Waals surface area contributed by atoms with Crippen molar-refractivity contribution in [1.29, 1.82) is 0 Å². The molecule has 1 aliphatic rings. The summed E-state index contributed by atoms with van der Waals surface area (Å²) in [4.78, 5) is 18.3. The SMILES string of the molecule is Cc1nc(N[C@H](C)c2cccc(C(F)F)c2)c2cc(N3CCN(C)CC3)ncc2n1. The summed E-state index contributed by atoms with van der Waals surface area (Å²) in [6.45, 7) is 7.60. The van der Waals surface area contributed by atoms with E-state index in [4.69, 9.17) is 0 Å². The molecule has 1 atom stereocenters. The average Bonchev–Trinajstić information content (AvgIpc) is 2.74. The van der Waals surface area contributed by atoms with E-state index in [2.05, 4.69) is 37.1 Å². The van der Waals surface area contributed by atoms with Crippen molar-refractivity contribution in [3.8, 4) is 0 Å². The van der Waals surface area contributed by atoms with Crippen molar-refractivity contribution in [1.82, 2.24) is 19.9 Å². The second-order valence-corrected chi connectivity index (χ2v) is 7.81. The lowest BCUT2D eigenvalue weighted by Gasteiger charge is -2.33. The topological polar surface area (TPSA) is 57.2 Å². The zero-order valence-electron chi connectivity index (χ0n) is 17.4. The molecule has 0 radical (unpaired) electrons. The Balaban J connectivity index is 1.65. The first-order chi connectivity index (χ1) is 14.4. The summed E-state index contributed by atoms with van der Waals surface area (Å²) >= 11 is 0. The van der Waals surface area contributed by atoms with E-state index in [-0.39, 0.29) is 11.6 Å². The van der Waals surface area contributed by atoms with Gasteiger partial charge in [0.15, 0.2) is 0 Å². The molecule has 2 aromatic heterocycles. The molecule has 0 saturated carbocycles. The van der Waals surface area contributed by atoms with Crippen LogP contribution in [0.2, 0.25) is 0 Å². The van der Waals surface area contributed by atoms with Gasteiger partial charge >= 0.3 is 0 Å². The third kappa shape index (κ3) is 4.33. The van der Waals surface area contributed by atoms with Crippen LogP contribution in [0.25, 0.3) is 10.9 Å². The molecule has 0 spiro atoms. The molecule has 1 fully saturated rings. The van der Waals surface area contributed by atoms with Gasteiger partial charge in [0, 0.05) is 43.2 Å². The highest BCUT2D eigenvalue weighted by Crippen LogP contribution is 2.29. The van der Waals surface area contributed by atoms with Gasteiger partial charge in [-0.15, -0.1) is 0 Å². The first-order valence-electron chi connectivity index (χ1n) is 10.1. The Labute approximate surface area is 175 Å². The van der Waals surface area contributed by atoms with Gasteiger partial charge in [-0.3, -0.25) is 0 Å². The van der Waals surface area contributed by atoms with Gasteiger partial charge in [0.1, 0.15) is 17.5 Å². The number of aromatic nitrogens is 3. The second-order valence-electron chi connectivity index (χ2n) is 7.81. The van der Waals surface area contributed by atoms with Crippen molar-refractivity contribution >= 4 is 22.5 Å². The van der Waals surface area contributed by atoms with Crippen LogP contribution in [0, 0.1) is 6.92 Å². The quantitative estimate of drug-likeness (QED) is 0.678. The van der Waals surface area contributed by atoms with Gasteiger partial charge in [-0.2, -0.15) is 0 Å². The van der Waals surface area contributed by atoms with E-state index in [9.17, 15) is 8.78 Å². The maximum absolute atomic E-state index is 13.1. The molecule has 0 amide bonds. The maximum atomic E-state index is 13.1. The number of hydrogen-bond donors (Lipinski definition) is 1. The Morgan fingerprint density at radius 1 is 1.03 bits per heavy atom. The number of likely N-dealkylation sites (N-methyl/N-ethyl adjacent to an activating group) is 1. The number of rotatable bonds is 5. The van der Waals surface area contributed by atoms with E-state index in [0.29, 0.717) is 11.6 Å². The van der Waals surface area contributed by atoms with Gasteiger partial charge in [-0.25, -0.2) is 23.7 Å². The fraction of sp³-hybridized carbons (Fsp3) is 0.409. The molecule has 0 unspecified atom stereocenters. The van der Waals surface area contributed by atoms with Gasteiger partial charge in [-0.05, 0) is 38.6 Å². The maximum Gasteiger partial charge on any atom is 0.263 e. The van der Waals surface area contributed by atoms with Crippen LogP contribution in [-0.4, -0.2) is 53.1 Å². The van der Waals surface area contributed by atoms with Crippen LogP contribution in [-0.2, 0) is 0 Å². The van der Waals surface area contributed by atoms with Crippen LogP contribution in [0.1, 0.15) is 36.3 Å². The van der Waals surface area contributed by atoms with E-state index >= 15 is 0 Å². The molecule has 6 nitrogen and oxygen atoms in total. The molecule has 0 aliphatic carbocycles. The number of nitrogens with zero attached hydrogens (tertiary/aromatic N) is 5. The van der Waals surface area contributed by atoms with Crippen LogP contribution in [0.3, 0.4) is 0 Å². The van der Waals surface area contributed by atoms with E-state index < -0.39 is 6.43 Å². The molecule has 1 saturated heterocycles. The third-order valence-corrected chi connectivity index (χ3v) is 5.52. The van der Waals surface area contributed by atoms with Crippen molar-refractivity contribution in [2.45, 2.75) is 26.3 Å². The first-order valence-corrected chi connectivity index (χ1v) is 10.1. The highest BCUT2D eigenvalue weighted by atomic mass is 19.3.